The summed E-state index contributed by atoms with van der Waals surface area (Å²) >= 11 is 0. The van der Waals surface area contributed by atoms with Gasteiger partial charge in [-0.1, -0.05) is 36.4 Å². The molecule has 12 nitrogen and oxygen atoms in total. The maximum Gasteiger partial charge on any atom is 0.271 e. The van der Waals surface area contributed by atoms with E-state index in [1.807, 2.05) is 41.5 Å². The molecule has 0 spiro atoms. The molecule has 2 aromatic carbocycles. The number of amidine groups is 2. The molecule has 14 heteroatoms. The first-order valence-corrected chi connectivity index (χ1v) is 19.8. The first-order valence-electron chi connectivity index (χ1n) is 16.9. The van der Waals surface area contributed by atoms with E-state index in [9.17, 15) is 26.4 Å². The second-order valence-electron chi connectivity index (χ2n) is 16.4. The van der Waals surface area contributed by atoms with Crippen LogP contribution in [0.2, 0.25) is 0 Å². The molecular formula is C36H50N6O6S2. The Bertz CT molecular complexity index is 1780. The monoisotopic (exact) mass is 726 g/mol. The smallest absolute Gasteiger partial charge is 0.271 e. The first kappa shape index (κ1) is 37.8. The second kappa shape index (κ2) is 12.6. The van der Waals surface area contributed by atoms with Crippen molar-refractivity contribution >= 4 is 43.5 Å². The number of nitrogens with zero attached hydrogens (tertiary/aromatic N) is 6. The van der Waals surface area contributed by atoms with Gasteiger partial charge in [-0.15, -0.1) is 0 Å². The quantitative estimate of drug-likeness (QED) is 0.431. The highest BCUT2D eigenvalue weighted by Gasteiger charge is 2.61. The molecule has 0 N–H and O–H groups in total. The Morgan fingerprint density at radius 3 is 1.10 bits per heavy atom. The van der Waals surface area contributed by atoms with E-state index >= 15 is 0 Å². The van der Waals surface area contributed by atoms with Gasteiger partial charge in [0.2, 0.25) is 11.8 Å². The molecule has 2 aromatic rings. The lowest BCUT2D eigenvalue weighted by atomic mass is 9.83. The normalized spacial score (nSPS) is 25.6. The van der Waals surface area contributed by atoms with Crippen molar-refractivity contribution in [2.24, 2.45) is 20.8 Å². The molecule has 3 saturated heterocycles. The van der Waals surface area contributed by atoms with Crippen LogP contribution < -0.4 is 0 Å². The average Bonchev–Trinajstić information content (AvgIpc) is 3.32. The van der Waals surface area contributed by atoms with E-state index in [1.165, 1.54) is 24.3 Å². The predicted molar refractivity (Wildman–Crippen MR) is 194 cm³/mol. The molecule has 0 bridgehead atoms. The fourth-order valence-corrected chi connectivity index (χ4v) is 10.2. The Labute approximate surface area is 297 Å². The van der Waals surface area contributed by atoms with E-state index in [0.717, 1.165) is 8.61 Å². The molecule has 2 amide bonds. The number of hydrogen-bond acceptors (Lipinski definition) is 10. The number of piperazine rings is 1. The molecule has 3 aliphatic heterocycles. The zero-order valence-electron chi connectivity index (χ0n) is 30.7. The molecule has 50 heavy (non-hydrogen) atoms. The number of hydrogen-bond donors (Lipinski definition) is 0. The van der Waals surface area contributed by atoms with Gasteiger partial charge in [0.05, 0.1) is 43.8 Å². The van der Waals surface area contributed by atoms with Crippen LogP contribution >= 0.6 is 0 Å². The lowest BCUT2D eigenvalue weighted by molar-refractivity contribution is -0.133. The van der Waals surface area contributed by atoms with Crippen LogP contribution in [0.3, 0.4) is 0 Å². The van der Waals surface area contributed by atoms with E-state index in [4.69, 9.17) is 9.98 Å². The van der Waals surface area contributed by atoms with Crippen molar-refractivity contribution in [1.82, 2.24) is 18.4 Å². The Hall–Kier alpha value is -3.46. The van der Waals surface area contributed by atoms with E-state index in [1.54, 1.807) is 64.1 Å². The van der Waals surface area contributed by atoms with Crippen LogP contribution in [-0.4, -0.2) is 108 Å². The highest BCUT2D eigenvalue weighted by atomic mass is 32.2. The molecule has 272 valence electrons. The summed E-state index contributed by atoms with van der Waals surface area (Å²) in [7, 11) is -8.53. The average molecular weight is 727 g/mol. The Kier molecular flexibility index (Phi) is 9.55. The summed E-state index contributed by atoms with van der Waals surface area (Å²) < 4.78 is 58.0. The van der Waals surface area contributed by atoms with Crippen LogP contribution in [0.1, 0.15) is 69.2 Å². The number of carbonyl (C=O) groups is 2. The molecule has 0 aromatic heterocycles. The van der Waals surface area contributed by atoms with Gasteiger partial charge in [0.25, 0.3) is 20.0 Å². The van der Waals surface area contributed by atoms with Crippen LogP contribution in [0.5, 0.6) is 0 Å². The number of carbonyl (C=O) groups excluding carboxylic acids is 2. The molecule has 3 heterocycles. The molecule has 5 rings (SSSR count). The Morgan fingerprint density at radius 1 is 0.560 bits per heavy atom. The van der Waals surface area contributed by atoms with Crippen molar-refractivity contribution in [3.05, 3.63) is 60.7 Å². The largest absolute Gasteiger partial charge is 0.290 e. The van der Waals surface area contributed by atoms with E-state index in [-0.39, 0.29) is 21.5 Å². The SMILES string of the molecule is CC(C)(C)N=C1C(N2CCN(C3C(=NC(C)(C)C)N(S(=O)(=O)c4ccccc4)C(=O)C3(C)C)CC2)C(C)(C)C(=O)N1S(=O)(=O)c1ccccc1. The van der Waals surface area contributed by atoms with Crippen LogP contribution in [0.15, 0.2) is 80.4 Å². The third kappa shape index (κ3) is 6.67. The number of sulfonamides is 2. The number of benzene rings is 2. The molecular weight excluding hydrogens is 677 g/mol. The minimum Gasteiger partial charge on any atom is -0.290 e. The van der Waals surface area contributed by atoms with Gasteiger partial charge in [0, 0.05) is 26.2 Å². The molecule has 2 unspecified atom stereocenters. The topological polar surface area (TPSA) is 140 Å². The summed E-state index contributed by atoms with van der Waals surface area (Å²) in [6, 6.07) is 14.5. The summed E-state index contributed by atoms with van der Waals surface area (Å²) in [6.45, 7) is 19.8. The van der Waals surface area contributed by atoms with E-state index in [0.29, 0.717) is 26.2 Å². The zero-order chi connectivity index (χ0) is 37.2. The van der Waals surface area contributed by atoms with Crippen molar-refractivity contribution in [2.45, 2.75) is 102 Å². The summed E-state index contributed by atoms with van der Waals surface area (Å²) in [5.41, 5.74) is -3.67. The van der Waals surface area contributed by atoms with Crippen molar-refractivity contribution in [1.29, 1.82) is 0 Å². The molecule has 0 saturated carbocycles. The summed E-state index contributed by atoms with van der Waals surface area (Å²) in [5, 5.41) is 0. The van der Waals surface area contributed by atoms with Crippen molar-refractivity contribution in [3.63, 3.8) is 0 Å². The second-order valence-corrected chi connectivity index (χ2v) is 20.0. The minimum atomic E-state index is -4.26. The fourth-order valence-electron chi connectivity index (χ4n) is 7.09. The third-order valence-electron chi connectivity index (χ3n) is 9.29. The standard InChI is InChI=1S/C36H50N6O6S2/c1-33(2,3)37-29-27(35(7,8)31(43)41(29)49(45,46)25-17-13-11-14-18-25)39-21-23-40(24-22-39)28-30(38-34(4,5)6)42(32(44)36(28,9)10)50(47,48)26-19-15-12-16-20-26/h11-20,27-28H,21-24H2,1-10H3. The van der Waals surface area contributed by atoms with Gasteiger partial charge in [-0.2, -0.15) is 8.61 Å². The van der Waals surface area contributed by atoms with Crippen LogP contribution in [0, 0.1) is 10.8 Å². The maximum atomic E-state index is 14.1. The number of amides is 2. The number of aliphatic imine (C=N–C) groups is 2. The fraction of sp³-hybridized carbons (Fsp3) is 0.556. The summed E-state index contributed by atoms with van der Waals surface area (Å²) in [5.74, 6) is -0.756. The van der Waals surface area contributed by atoms with E-state index < -0.39 is 65.9 Å². The lowest BCUT2D eigenvalue weighted by Crippen LogP contribution is -2.60. The van der Waals surface area contributed by atoms with Crippen molar-refractivity contribution < 1.29 is 26.4 Å². The zero-order valence-corrected chi connectivity index (χ0v) is 32.3. The Balaban J connectivity index is 1.52. The molecule has 0 radical (unpaired) electrons. The maximum absolute atomic E-state index is 14.1. The molecule has 0 aliphatic carbocycles. The first-order chi connectivity index (χ1) is 22.9. The predicted octanol–water partition coefficient (Wildman–Crippen LogP) is 4.25. The van der Waals surface area contributed by atoms with Crippen LogP contribution in [0.25, 0.3) is 0 Å². The van der Waals surface area contributed by atoms with Crippen LogP contribution in [-0.2, 0) is 29.6 Å². The highest BCUT2D eigenvalue weighted by Crippen LogP contribution is 2.43. The van der Waals surface area contributed by atoms with E-state index in [2.05, 4.69) is 9.80 Å². The van der Waals surface area contributed by atoms with Crippen molar-refractivity contribution in [2.75, 3.05) is 26.2 Å². The van der Waals surface area contributed by atoms with Gasteiger partial charge in [-0.3, -0.25) is 29.4 Å². The van der Waals surface area contributed by atoms with Gasteiger partial charge >= 0.3 is 0 Å². The van der Waals surface area contributed by atoms with Gasteiger partial charge in [-0.05, 0) is 93.5 Å². The van der Waals surface area contributed by atoms with Crippen LogP contribution in [0.4, 0.5) is 0 Å². The van der Waals surface area contributed by atoms with Gasteiger partial charge in [0.1, 0.15) is 11.7 Å². The molecule has 3 fully saturated rings. The number of rotatable bonds is 6. The molecule has 3 aliphatic rings. The highest BCUT2D eigenvalue weighted by molar-refractivity contribution is 7.90. The molecule has 2 atom stereocenters. The summed E-state index contributed by atoms with van der Waals surface area (Å²) in [6.07, 6.45) is 0. The Morgan fingerprint density at radius 2 is 0.840 bits per heavy atom. The van der Waals surface area contributed by atoms with Gasteiger partial charge in [-0.25, -0.2) is 16.8 Å². The van der Waals surface area contributed by atoms with Gasteiger partial charge in [0.15, 0.2) is 0 Å². The van der Waals surface area contributed by atoms with Gasteiger partial charge < -0.3 is 0 Å². The third-order valence-corrected chi connectivity index (χ3v) is 12.7. The van der Waals surface area contributed by atoms with Crippen molar-refractivity contribution in [3.8, 4) is 0 Å². The summed E-state index contributed by atoms with van der Waals surface area (Å²) in [4.78, 5) is 42.2. The lowest BCUT2D eigenvalue weighted by Gasteiger charge is -2.45. The minimum absolute atomic E-state index is 0.00466.